The lowest BCUT2D eigenvalue weighted by Crippen LogP contribution is -2.30. The van der Waals surface area contributed by atoms with E-state index in [1.807, 2.05) is 0 Å². The second-order valence-corrected chi connectivity index (χ2v) is 3.98. The molecule has 0 spiro atoms. The SMILES string of the molecule is COC(=O)N(C)CC(O)c1ccc(OC)c(OC)c1. The molecule has 0 radical (unpaired) electrons. The Bertz CT molecular complexity index is 435. The van der Waals surface area contributed by atoms with Gasteiger partial charge in [0, 0.05) is 7.05 Å². The third kappa shape index (κ3) is 3.75. The molecule has 6 nitrogen and oxygen atoms in total. The molecule has 0 aromatic heterocycles. The van der Waals surface area contributed by atoms with Crippen molar-refractivity contribution in [3.05, 3.63) is 23.8 Å². The molecule has 0 aliphatic rings. The number of ether oxygens (including phenoxy) is 3. The summed E-state index contributed by atoms with van der Waals surface area (Å²) in [5.41, 5.74) is 0.633. The van der Waals surface area contributed by atoms with E-state index in [0.29, 0.717) is 17.1 Å². The minimum absolute atomic E-state index is 0.127. The van der Waals surface area contributed by atoms with Crippen molar-refractivity contribution in [2.75, 3.05) is 34.9 Å². The molecule has 1 aromatic rings. The summed E-state index contributed by atoms with van der Waals surface area (Å²) in [5, 5.41) is 10.1. The molecule has 0 heterocycles. The number of likely N-dealkylation sites (N-methyl/N-ethyl adjacent to an activating group) is 1. The fourth-order valence-electron chi connectivity index (χ4n) is 1.66. The van der Waals surface area contributed by atoms with E-state index in [0.717, 1.165) is 0 Å². The summed E-state index contributed by atoms with van der Waals surface area (Å²) in [6.07, 6.45) is -1.33. The molecule has 1 atom stereocenters. The van der Waals surface area contributed by atoms with Crippen LogP contribution < -0.4 is 9.47 Å². The Morgan fingerprint density at radius 2 is 1.89 bits per heavy atom. The molecule has 0 saturated carbocycles. The number of carbonyl (C=O) groups is 1. The fourth-order valence-corrected chi connectivity index (χ4v) is 1.66. The molecule has 1 aromatic carbocycles. The van der Waals surface area contributed by atoms with Gasteiger partial charge in [0.1, 0.15) is 0 Å². The van der Waals surface area contributed by atoms with Crippen LogP contribution in [0.1, 0.15) is 11.7 Å². The zero-order valence-electron chi connectivity index (χ0n) is 11.5. The zero-order chi connectivity index (χ0) is 14.4. The van der Waals surface area contributed by atoms with Crippen molar-refractivity contribution in [2.24, 2.45) is 0 Å². The zero-order valence-corrected chi connectivity index (χ0v) is 11.5. The van der Waals surface area contributed by atoms with Crippen LogP contribution in [0.4, 0.5) is 4.79 Å². The highest BCUT2D eigenvalue weighted by Crippen LogP contribution is 2.30. The Balaban J connectivity index is 2.82. The highest BCUT2D eigenvalue weighted by Gasteiger charge is 2.17. The Morgan fingerprint density at radius 3 is 2.42 bits per heavy atom. The van der Waals surface area contributed by atoms with E-state index in [9.17, 15) is 9.90 Å². The van der Waals surface area contributed by atoms with Gasteiger partial charge >= 0.3 is 6.09 Å². The van der Waals surface area contributed by atoms with E-state index >= 15 is 0 Å². The number of carbonyl (C=O) groups excluding carboxylic acids is 1. The smallest absolute Gasteiger partial charge is 0.409 e. The topological polar surface area (TPSA) is 68.2 Å². The first-order valence-corrected chi connectivity index (χ1v) is 5.72. The third-order valence-corrected chi connectivity index (χ3v) is 2.73. The molecule has 0 saturated heterocycles. The first-order valence-electron chi connectivity index (χ1n) is 5.72. The van der Waals surface area contributed by atoms with Gasteiger partial charge in [-0.15, -0.1) is 0 Å². The van der Waals surface area contributed by atoms with E-state index in [2.05, 4.69) is 4.74 Å². The van der Waals surface area contributed by atoms with Crippen molar-refractivity contribution in [1.29, 1.82) is 0 Å². The minimum Gasteiger partial charge on any atom is -0.493 e. The largest absolute Gasteiger partial charge is 0.493 e. The molecule has 6 heteroatoms. The van der Waals surface area contributed by atoms with E-state index < -0.39 is 12.2 Å². The number of nitrogens with zero attached hydrogens (tertiary/aromatic N) is 1. The van der Waals surface area contributed by atoms with Gasteiger partial charge in [-0.25, -0.2) is 4.79 Å². The summed E-state index contributed by atoms with van der Waals surface area (Å²) >= 11 is 0. The molecule has 0 bridgehead atoms. The number of methoxy groups -OCH3 is 3. The lowest BCUT2D eigenvalue weighted by Gasteiger charge is -2.20. The van der Waals surface area contributed by atoms with Gasteiger partial charge in [-0.1, -0.05) is 6.07 Å². The molecule has 106 valence electrons. The maximum atomic E-state index is 11.3. The monoisotopic (exact) mass is 269 g/mol. The molecule has 1 unspecified atom stereocenters. The Hall–Kier alpha value is -1.95. The summed E-state index contributed by atoms with van der Waals surface area (Å²) in [4.78, 5) is 12.5. The number of aliphatic hydroxyl groups is 1. The molecular formula is C13H19NO5. The summed E-state index contributed by atoms with van der Waals surface area (Å²) in [5.74, 6) is 1.11. The average Bonchev–Trinajstić information content (AvgIpc) is 2.45. The number of benzene rings is 1. The van der Waals surface area contributed by atoms with Crippen molar-refractivity contribution in [3.63, 3.8) is 0 Å². The predicted molar refractivity (Wildman–Crippen MR) is 69.5 cm³/mol. The summed E-state index contributed by atoms with van der Waals surface area (Å²) < 4.78 is 14.8. The van der Waals surface area contributed by atoms with Crippen LogP contribution in [-0.2, 0) is 4.74 Å². The Kier molecular flexibility index (Phi) is 5.44. The van der Waals surface area contributed by atoms with Gasteiger partial charge in [-0.2, -0.15) is 0 Å². The van der Waals surface area contributed by atoms with Gasteiger partial charge in [0.05, 0.1) is 34.0 Å². The molecule has 1 rings (SSSR count). The summed E-state index contributed by atoms with van der Waals surface area (Å²) in [6, 6.07) is 5.10. The second kappa shape index (κ2) is 6.84. The lowest BCUT2D eigenvalue weighted by atomic mass is 10.1. The molecular weight excluding hydrogens is 250 g/mol. The Labute approximate surface area is 112 Å². The molecule has 19 heavy (non-hydrogen) atoms. The second-order valence-electron chi connectivity index (χ2n) is 3.98. The molecule has 0 fully saturated rings. The van der Waals surface area contributed by atoms with Crippen LogP contribution in [0.25, 0.3) is 0 Å². The average molecular weight is 269 g/mol. The van der Waals surface area contributed by atoms with Crippen LogP contribution in [0.3, 0.4) is 0 Å². The van der Waals surface area contributed by atoms with Crippen molar-refractivity contribution in [3.8, 4) is 11.5 Å². The number of hydrogen-bond acceptors (Lipinski definition) is 5. The number of rotatable bonds is 5. The summed E-state index contributed by atoms with van der Waals surface area (Å²) in [6.45, 7) is 0.127. The number of hydrogen-bond donors (Lipinski definition) is 1. The van der Waals surface area contributed by atoms with Crippen LogP contribution in [0, 0.1) is 0 Å². The first-order chi connectivity index (χ1) is 9.03. The van der Waals surface area contributed by atoms with Gasteiger partial charge in [-0.3, -0.25) is 0 Å². The highest BCUT2D eigenvalue weighted by molar-refractivity contribution is 5.67. The normalized spacial score (nSPS) is 11.6. The van der Waals surface area contributed by atoms with E-state index in [-0.39, 0.29) is 6.54 Å². The lowest BCUT2D eigenvalue weighted by molar-refractivity contribution is 0.0963. The van der Waals surface area contributed by atoms with Gasteiger partial charge in [0.2, 0.25) is 0 Å². The predicted octanol–water partition coefficient (Wildman–Crippen LogP) is 1.44. The fraction of sp³-hybridized carbons (Fsp3) is 0.462. The maximum absolute atomic E-state index is 11.3. The first kappa shape index (κ1) is 15.1. The van der Waals surface area contributed by atoms with Crippen molar-refractivity contribution in [2.45, 2.75) is 6.10 Å². The quantitative estimate of drug-likeness (QED) is 0.876. The minimum atomic E-state index is -0.830. The van der Waals surface area contributed by atoms with Crippen LogP contribution in [0.2, 0.25) is 0 Å². The molecule has 0 aliphatic carbocycles. The van der Waals surface area contributed by atoms with Crippen LogP contribution in [-0.4, -0.2) is 51.0 Å². The highest BCUT2D eigenvalue weighted by atomic mass is 16.5. The molecule has 0 aliphatic heterocycles. The van der Waals surface area contributed by atoms with Gasteiger partial charge in [0.15, 0.2) is 11.5 Å². The van der Waals surface area contributed by atoms with Crippen LogP contribution in [0.5, 0.6) is 11.5 Å². The van der Waals surface area contributed by atoms with Crippen LogP contribution in [0.15, 0.2) is 18.2 Å². The molecule has 1 amide bonds. The van der Waals surface area contributed by atoms with Gasteiger partial charge in [0.25, 0.3) is 0 Å². The third-order valence-electron chi connectivity index (χ3n) is 2.73. The standard InChI is InChI=1S/C13H19NO5/c1-14(13(16)19-4)8-10(15)9-5-6-11(17-2)12(7-9)18-3/h5-7,10,15H,8H2,1-4H3. The maximum Gasteiger partial charge on any atom is 0.409 e. The van der Waals surface area contributed by atoms with E-state index in [1.54, 1.807) is 32.4 Å². The Morgan fingerprint density at radius 1 is 1.26 bits per heavy atom. The van der Waals surface area contributed by atoms with Crippen molar-refractivity contribution < 1.29 is 24.1 Å². The number of aliphatic hydroxyl groups excluding tert-OH is 1. The van der Waals surface area contributed by atoms with Crippen molar-refractivity contribution in [1.82, 2.24) is 4.90 Å². The summed E-state index contributed by atoms with van der Waals surface area (Å²) in [7, 11) is 5.91. The molecule has 1 N–H and O–H groups in total. The van der Waals surface area contributed by atoms with Gasteiger partial charge < -0.3 is 24.2 Å². The number of amides is 1. The van der Waals surface area contributed by atoms with E-state index in [1.165, 1.54) is 19.1 Å². The van der Waals surface area contributed by atoms with E-state index in [4.69, 9.17) is 9.47 Å². The van der Waals surface area contributed by atoms with Crippen molar-refractivity contribution >= 4 is 6.09 Å². The van der Waals surface area contributed by atoms with Crippen LogP contribution >= 0.6 is 0 Å². The van der Waals surface area contributed by atoms with Gasteiger partial charge in [-0.05, 0) is 17.7 Å².